The fourth-order valence-electron chi connectivity index (χ4n) is 0. The van der Waals surface area contributed by atoms with Gasteiger partial charge in [-0.15, -0.1) is 0 Å². The van der Waals surface area contributed by atoms with E-state index in [0.717, 1.165) is 0 Å². The van der Waals surface area contributed by atoms with E-state index in [-0.39, 0.29) is 198 Å². The third kappa shape index (κ3) is 54.2. The first-order chi connectivity index (χ1) is 0. The van der Waals surface area contributed by atoms with Gasteiger partial charge in [-0.25, -0.2) is 0 Å². The van der Waals surface area contributed by atoms with Crippen molar-refractivity contribution in [1.82, 2.24) is 0 Å². The van der Waals surface area contributed by atoms with Crippen molar-refractivity contribution in [3.63, 3.8) is 0 Å². The van der Waals surface area contributed by atoms with Gasteiger partial charge in [0.05, 0.1) is 0 Å². The van der Waals surface area contributed by atoms with Gasteiger partial charge >= 0.3 is 75.6 Å². The Balaban J connectivity index is 0. The zero-order valence-electron chi connectivity index (χ0n) is 5.00. The van der Waals surface area contributed by atoms with Crippen molar-refractivity contribution in [3.05, 3.63) is 0 Å². The van der Waals surface area contributed by atoms with Crippen LogP contribution in [0.2, 0.25) is 0 Å². The Hall–Kier alpha value is 6.37. The quantitative estimate of drug-likeness (QED) is 0.223. The molecule has 0 aromatic carbocycles. The molecule has 0 nitrogen and oxygen atoms in total. The van der Waals surface area contributed by atoms with E-state index in [1.165, 1.54) is 0 Å². The Bertz CT molecular complexity index is 28.5. The van der Waals surface area contributed by atoms with Crippen molar-refractivity contribution < 1.29 is 114 Å². The maximum atomic E-state index is 0. The molecule has 0 aliphatic heterocycles. The molecule has 9 heavy (non-hydrogen) atoms. The molecule has 0 unspecified atom stereocenters. The Morgan fingerprint density at radius 2 is 1.00 bits per heavy atom. The van der Waals surface area contributed by atoms with Crippen LogP contribution in [0.25, 0.3) is 0 Å². The van der Waals surface area contributed by atoms with Crippen molar-refractivity contribution in [3.8, 4) is 0 Å². The van der Waals surface area contributed by atoms with E-state index in [0.29, 0.717) is 0 Å². The zero-order chi connectivity index (χ0) is 0. The van der Waals surface area contributed by atoms with E-state index in [9.17, 15) is 0 Å². The molecule has 0 bridgehead atoms. The van der Waals surface area contributed by atoms with Gasteiger partial charge in [-0.2, -0.15) is 0 Å². The first-order valence-electron chi connectivity index (χ1n) is 0. The summed E-state index contributed by atoms with van der Waals surface area (Å²) in [7, 11) is 0. The van der Waals surface area contributed by atoms with Gasteiger partial charge in [0.1, 0.15) is 0 Å². The molecule has 0 fully saturated rings. The minimum atomic E-state index is 0. The van der Waals surface area contributed by atoms with Crippen molar-refractivity contribution in [1.29, 1.82) is 0 Å². The van der Waals surface area contributed by atoms with Crippen LogP contribution in [0.4, 0.5) is 0 Å². The molecule has 0 aliphatic rings. The van der Waals surface area contributed by atoms with E-state index in [1.54, 1.807) is 0 Å². The molecular weight excluding hydrogens is 1060 g/mol. The summed E-state index contributed by atoms with van der Waals surface area (Å²) in [5.74, 6) is 0. The summed E-state index contributed by atoms with van der Waals surface area (Å²) in [4.78, 5) is 0. The number of rotatable bonds is 0. The largest absolute Gasteiger partial charge is 0 e. The van der Waals surface area contributed by atoms with Crippen LogP contribution in [0, 0.1) is 0 Å². The molecule has 0 N–H and O–H groups in total. The third-order valence-corrected chi connectivity index (χ3v) is 0. The molecule has 9 heteroatoms. The van der Waals surface area contributed by atoms with Crippen molar-refractivity contribution >= 4 is 84.0 Å². The van der Waals surface area contributed by atoms with Gasteiger partial charge in [-0.1, -0.05) is 0 Å². The Morgan fingerprint density at radius 3 is 1.00 bits per heavy atom. The van der Waals surface area contributed by atoms with Gasteiger partial charge in [-0.05, 0) is 0 Å². The second-order valence-electron chi connectivity index (χ2n) is 0. The summed E-state index contributed by atoms with van der Waals surface area (Å²) in [6.07, 6.45) is 0. The summed E-state index contributed by atoms with van der Waals surface area (Å²) in [5.41, 5.74) is 0. The van der Waals surface area contributed by atoms with Crippen LogP contribution in [0.15, 0.2) is 0 Å². The minimum absolute atomic E-state index is 0. The van der Waals surface area contributed by atoms with Gasteiger partial charge in [0.15, 0.2) is 0 Å². The maximum Gasteiger partial charge on any atom is 0 e. The average molecular weight is 1060 g/mol. The normalized spacial score (nSPS) is 0. The van der Waals surface area contributed by atoms with E-state index in [4.69, 9.17) is 0 Å². The van der Waals surface area contributed by atoms with Crippen molar-refractivity contribution in [2.45, 2.75) is 0 Å². The molecule has 0 rings (SSSR count). The monoisotopic (exact) mass is 1060 g/mol. The Morgan fingerprint density at radius 1 is 1.00 bits per heavy atom. The van der Waals surface area contributed by atoms with Gasteiger partial charge in [0.2, 0.25) is 0 Å². The third-order valence-electron chi connectivity index (χ3n) is 0. The first-order valence-corrected chi connectivity index (χ1v) is 0. The van der Waals surface area contributed by atoms with Gasteiger partial charge in [-0.3, -0.25) is 0 Å². The van der Waals surface area contributed by atoms with Crippen LogP contribution in [0.5, 0.6) is 0 Å². The summed E-state index contributed by atoms with van der Waals surface area (Å²) >= 11 is 0. The molecule has 0 saturated carbocycles. The average Bonchev–Trinajstić information content (AvgIpc) is 0. The van der Waals surface area contributed by atoms with E-state index < -0.39 is 0 Å². The molecule has 0 aliphatic carbocycles. The van der Waals surface area contributed by atoms with E-state index >= 15 is 0 Å². The van der Waals surface area contributed by atoms with Gasteiger partial charge in [0.25, 0.3) is 0 Å². The fourth-order valence-corrected chi connectivity index (χ4v) is 0. The van der Waals surface area contributed by atoms with Crippen LogP contribution in [0.1, 0.15) is 0 Å². The number of hydrogen-bond acceptors (Lipinski definition) is 0. The Labute approximate surface area is 193 Å². The standard InChI is InChI=1S/B.Nb.Pb.Sb.Sn.Ta.Ti.W.Zr.7H. The van der Waals surface area contributed by atoms with Crippen LogP contribution in [-0.4, -0.2) is 84.0 Å². The van der Waals surface area contributed by atoms with Crippen LogP contribution in [-0.2, 0) is 114 Å². The topological polar surface area (TPSA) is 0 Å². The molecule has 0 heterocycles. The zero-order valence-corrected chi connectivity index (χ0v) is 30.9. The SMILES string of the molecule is [B].[Nb].[PbH2].[SbH3].[SnH2].[Ta].[Ti].[W].[Zr]. The second-order valence-corrected chi connectivity index (χ2v) is 0. The molecule has 0 spiro atoms. The molecule has 47 valence electrons. The van der Waals surface area contributed by atoms with Crippen LogP contribution in [0.3, 0.4) is 0 Å². The summed E-state index contributed by atoms with van der Waals surface area (Å²) in [6, 6.07) is 0. The summed E-state index contributed by atoms with van der Waals surface area (Å²) in [6.45, 7) is 0. The van der Waals surface area contributed by atoms with Crippen molar-refractivity contribution in [2.75, 3.05) is 0 Å². The Kier molecular flexibility index (Phi) is 550. The molecule has 0 aromatic heterocycles. The molecule has 9 radical (unpaired) electrons. The molecule has 0 amide bonds. The summed E-state index contributed by atoms with van der Waals surface area (Å²) < 4.78 is 0. The molecule has 0 aromatic rings. The molecule has 0 saturated heterocycles. The predicted molar refractivity (Wildman–Crippen MR) is 32.8 cm³/mol. The van der Waals surface area contributed by atoms with E-state index in [2.05, 4.69) is 0 Å². The fraction of sp³-hybridized carbons (Fsp3) is 0. The molecular formula is H7BNbPbSbSnTaTiWZr. The smallest absolute Gasteiger partial charge is 0 e. The number of hydrogen-bond donors (Lipinski definition) is 0. The molecule has 0 atom stereocenters. The van der Waals surface area contributed by atoms with Crippen LogP contribution >= 0.6 is 0 Å². The first kappa shape index (κ1) is 78.2. The van der Waals surface area contributed by atoms with Gasteiger partial charge in [0, 0.05) is 122 Å². The summed E-state index contributed by atoms with van der Waals surface area (Å²) in [5, 5.41) is 0. The second kappa shape index (κ2) is 63.3. The predicted octanol–water partition coefficient (Wildman–Crippen LogP) is -3.41. The van der Waals surface area contributed by atoms with Crippen LogP contribution < -0.4 is 0 Å². The maximum absolute atomic E-state index is 0. The van der Waals surface area contributed by atoms with Crippen molar-refractivity contribution in [2.24, 2.45) is 0 Å². The van der Waals surface area contributed by atoms with E-state index in [1.807, 2.05) is 0 Å². The minimum Gasteiger partial charge on any atom is 0 e. The van der Waals surface area contributed by atoms with Gasteiger partial charge < -0.3 is 0 Å².